The molecule has 3 heterocycles. The minimum atomic E-state index is -0.121. The van der Waals surface area contributed by atoms with Gasteiger partial charge in [0.2, 0.25) is 11.8 Å². The Kier molecular flexibility index (Phi) is 6.11. The molecule has 6 heteroatoms. The normalized spacial score (nSPS) is 27.3. The van der Waals surface area contributed by atoms with Crippen LogP contribution in [0.25, 0.3) is 0 Å². The van der Waals surface area contributed by atoms with E-state index in [1.807, 2.05) is 9.80 Å². The van der Waals surface area contributed by atoms with E-state index in [-0.39, 0.29) is 17.9 Å². The Hall–Kier alpha value is -1.14. The van der Waals surface area contributed by atoms with Gasteiger partial charge >= 0.3 is 0 Å². The van der Waals surface area contributed by atoms with Gasteiger partial charge in [-0.3, -0.25) is 14.5 Å². The van der Waals surface area contributed by atoms with Gasteiger partial charge in [0.05, 0.1) is 25.8 Å². The number of likely N-dealkylation sites (tertiary alicyclic amines) is 2. The molecule has 0 saturated carbocycles. The van der Waals surface area contributed by atoms with Crippen LogP contribution < -0.4 is 0 Å². The molecule has 0 aromatic rings. The number of carbonyl (C=O) groups excluding carboxylic acids is 2. The van der Waals surface area contributed by atoms with Crippen LogP contribution in [0.2, 0.25) is 0 Å². The number of nitrogens with zero attached hydrogens (tertiary/aromatic N) is 3. The molecule has 0 unspecified atom stereocenters. The third-order valence-electron chi connectivity index (χ3n) is 5.70. The van der Waals surface area contributed by atoms with Gasteiger partial charge in [-0.15, -0.1) is 0 Å². The lowest BCUT2D eigenvalue weighted by molar-refractivity contribution is -0.144. The van der Waals surface area contributed by atoms with Gasteiger partial charge in [-0.1, -0.05) is 13.3 Å². The first kappa shape index (κ1) is 17.7. The fourth-order valence-corrected chi connectivity index (χ4v) is 3.99. The Labute approximate surface area is 145 Å². The van der Waals surface area contributed by atoms with Gasteiger partial charge in [-0.2, -0.15) is 0 Å². The number of amides is 2. The highest BCUT2D eigenvalue weighted by Crippen LogP contribution is 2.21. The molecule has 0 bridgehead atoms. The van der Waals surface area contributed by atoms with Crippen molar-refractivity contribution in [3.05, 3.63) is 0 Å². The molecule has 2 amide bonds. The van der Waals surface area contributed by atoms with Gasteiger partial charge in [0.1, 0.15) is 0 Å². The van der Waals surface area contributed by atoms with Crippen molar-refractivity contribution in [1.29, 1.82) is 0 Å². The maximum absolute atomic E-state index is 12.9. The number of morpholine rings is 1. The van der Waals surface area contributed by atoms with Crippen molar-refractivity contribution in [1.82, 2.24) is 14.7 Å². The van der Waals surface area contributed by atoms with E-state index in [0.717, 1.165) is 57.7 Å². The van der Waals surface area contributed by atoms with Gasteiger partial charge in [0, 0.05) is 26.2 Å². The van der Waals surface area contributed by atoms with Crippen LogP contribution in [0.3, 0.4) is 0 Å². The van der Waals surface area contributed by atoms with Crippen LogP contribution in [0.5, 0.6) is 0 Å². The maximum atomic E-state index is 12.9. The predicted molar refractivity (Wildman–Crippen MR) is 91.6 cm³/mol. The van der Waals surface area contributed by atoms with E-state index in [1.165, 1.54) is 0 Å². The van der Waals surface area contributed by atoms with E-state index >= 15 is 0 Å². The highest BCUT2D eigenvalue weighted by Gasteiger charge is 2.34. The molecule has 0 aromatic carbocycles. The van der Waals surface area contributed by atoms with Crippen LogP contribution >= 0.6 is 0 Å². The number of hydrogen-bond donors (Lipinski definition) is 0. The van der Waals surface area contributed by atoms with E-state index in [4.69, 9.17) is 4.74 Å². The summed E-state index contributed by atoms with van der Waals surface area (Å²) in [5.74, 6) is 1.11. The van der Waals surface area contributed by atoms with E-state index in [1.54, 1.807) is 0 Å². The first-order chi connectivity index (χ1) is 11.6. The fraction of sp³-hybridized carbons (Fsp3) is 0.889. The van der Waals surface area contributed by atoms with E-state index in [9.17, 15) is 9.59 Å². The SMILES string of the molecule is CC1CCN(C(=O)CN2CCCC[C@@H]2C(=O)N2CCOCC2)CC1. The standard InChI is InChI=1S/C18H31N3O3/c1-15-5-8-19(9-6-15)17(22)14-21-7-3-2-4-16(21)18(23)20-10-12-24-13-11-20/h15-16H,2-14H2,1H3/t16-/m1/s1. The molecule has 0 spiro atoms. The lowest BCUT2D eigenvalue weighted by Gasteiger charge is -2.39. The Morgan fingerprint density at radius 2 is 1.62 bits per heavy atom. The Morgan fingerprint density at radius 3 is 2.33 bits per heavy atom. The number of piperidine rings is 2. The molecule has 0 aromatic heterocycles. The Balaban J connectivity index is 1.57. The molecule has 136 valence electrons. The zero-order valence-electron chi connectivity index (χ0n) is 14.9. The van der Waals surface area contributed by atoms with E-state index in [2.05, 4.69) is 11.8 Å². The number of carbonyl (C=O) groups is 2. The summed E-state index contributed by atoms with van der Waals surface area (Å²) in [6.07, 6.45) is 5.23. The molecule has 0 aliphatic carbocycles. The van der Waals surface area contributed by atoms with E-state index in [0.29, 0.717) is 32.8 Å². The van der Waals surface area contributed by atoms with Crippen molar-refractivity contribution in [3.63, 3.8) is 0 Å². The number of rotatable bonds is 3. The molecule has 6 nitrogen and oxygen atoms in total. The highest BCUT2D eigenvalue weighted by molar-refractivity contribution is 5.84. The maximum Gasteiger partial charge on any atom is 0.240 e. The molecule has 3 aliphatic rings. The summed E-state index contributed by atoms with van der Waals surface area (Å²) in [6, 6.07) is -0.121. The molecule has 3 rings (SSSR count). The third-order valence-corrected chi connectivity index (χ3v) is 5.70. The summed E-state index contributed by atoms with van der Waals surface area (Å²) >= 11 is 0. The summed E-state index contributed by atoms with van der Waals surface area (Å²) < 4.78 is 5.35. The van der Waals surface area contributed by atoms with Crippen molar-refractivity contribution in [2.75, 3.05) is 52.5 Å². The summed E-state index contributed by atoms with van der Waals surface area (Å²) in [5.41, 5.74) is 0. The second-order valence-corrected chi connectivity index (χ2v) is 7.48. The molecule has 3 aliphatic heterocycles. The fourth-order valence-electron chi connectivity index (χ4n) is 3.99. The second-order valence-electron chi connectivity index (χ2n) is 7.48. The molecular formula is C18H31N3O3. The van der Waals surface area contributed by atoms with Gasteiger partial charge in [-0.25, -0.2) is 0 Å². The highest BCUT2D eigenvalue weighted by atomic mass is 16.5. The third kappa shape index (κ3) is 4.28. The first-order valence-electron chi connectivity index (χ1n) is 9.53. The lowest BCUT2D eigenvalue weighted by Crippen LogP contribution is -2.55. The van der Waals surface area contributed by atoms with Crippen molar-refractivity contribution < 1.29 is 14.3 Å². The largest absolute Gasteiger partial charge is 0.378 e. The van der Waals surface area contributed by atoms with Crippen molar-refractivity contribution in [3.8, 4) is 0 Å². The predicted octanol–water partition coefficient (Wildman–Crippen LogP) is 0.958. The van der Waals surface area contributed by atoms with Gasteiger partial charge in [-0.05, 0) is 38.1 Å². The zero-order valence-corrected chi connectivity index (χ0v) is 14.9. The minimum Gasteiger partial charge on any atom is -0.378 e. The van der Waals surface area contributed by atoms with Crippen LogP contribution in [0.15, 0.2) is 0 Å². The van der Waals surface area contributed by atoms with Crippen LogP contribution in [0.4, 0.5) is 0 Å². The van der Waals surface area contributed by atoms with Gasteiger partial charge < -0.3 is 14.5 Å². The number of ether oxygens (including phenoxy) is 1. The summed E-state index contributed by atoms with van der Waals surface area (Å²) in [6.45, 7) is 7.87. The summed E-state index contributed by atoms with van der Waals surface area (Å²) in [5, 5.41) is 0. The zero-order chi connectivity index (χ0) is 16.9. The minimum absolute atomic E-state index is 0.121. The molecule has 3 fully saturated rings. The molecule has 3 saturated heterocycles. The molecule has 0 radical (unpaired) electrons. The lowest BCUT2D eigenvalue weighted by atomic mass is 9.98. The Bertz CT molecular complexity index is 443. The Morgan fingerprint density at radius 1 is 0.917 bits per heavy atom. The van der Waals surface area contributed by atoms with Crippen LogP contribution in [0.1, 0.15) is 39.0 Å². The second kappa shape index (κ2) is 8.30. The average molecular weight is 337 g/mol. The smallest absolute Gasteiger partial charge is 0.240 e. The summed E-state index contributed by atoms with van der Waals surface area (Å²) in [7, 11) is 0. The van der Waals surface area contributed by atoms with E-state index < -0.39 is 0 Å². The van der Waals surface area contributed by atoms with Gasteiger partial charge in [0.15, 0.2) is 0 Å². The monoisotopic (exact) mass is 337 g/mol. The number of hydrogen-bond acceptors (Lipinski definition) is 4. The quantitative estimate of drug-likeness (QED) is 0.770. The van der Waals surface area contributed by atoms with Crippen molar-refractivity contribution >= 4 is 11.8 Å². The van der Waals surface area contributed by atoms with Gasteiger partial charge in [0.25, 0.3) is 0 Å². The average Bonchev–Trinajstić information content (AvgIpc) is 2.63. The molecule has 0 N–H and O–H groups in total. The molecule has 24 heavy (non-hydrogen) atoms. The van der Waals surface area contributed by atoms with Crippen LogP contribution in [-0.2, 0) is 14.3 Å². The first-order valence-corrected chi connectivity index (χ1v) is 9.53. The topological polar surface area (TPSA) is 53.1 Å². The van der Waals surface area contributed by atoms with Crippen LogP contribution in [-0.4, -0.2) is 85.0 Å². The van der Waals surface area contributed by atoms with Crippen molar-refractivity contribution in [2.24, 2.45) is 5.92 Å². The molecule has 1 atom stereocenters. The van der Waals surface area contributed by atoms with Crippen LogP contribution in [0, 0.1) is 5.92 Å². The molecular weight excluding hydrogens is 306 g/mol. The summed E-state index contributed by atoms with van der Waals surface area (Å²) in [4.78, 5) is 31.6. The van der Waals surface area contributed by atoms with Crippen molar-refractivity contribution in [2.45, 2.75) is 45.1 Å².